The maximum atomic E-state index is 12.2. The zero-order valence-corrected chi connectivity index (χ0v) is 14.6. The van der Waals surface area contributed by atoms with Gasteiger partial charge < -0.3 is 9.42 Å². The normalized spacial score (nSPS) is 10.9. The van der Waals surface area contributed by atoms with Crippen LogP contribution in [0.25, 0.3) is 11.4 Å². The van der Waals surface area contributed by atoms with Crippen LogP contribution in [-0.4, -0.2) is 28.0 Å². The summed E-state index contributed by atoms with van der Waals surface area (Å²) in [5.41, 5.74) is 2.17. The number of aryl methyl sites for hydroxylation is 2. The third-order valence-corrected chi connectivity index (χ3v) is 5.27. The van der Waals surface area contributed by atoms with Crippen LogP contribution in [0.4, 0.5) is 0 Å². The molecular weight excluding hydrogens is 330 g/mol. The van der Waals surface area contributed by atoms with Gasteiger partial charge in [0.05, 0.1) is 6.54 Å². The molecule has 7 heteroatoms. The van der Waals surface area contributed by atoms with E-state index in [-0.39, 0.29) is 5.91 Å². The molecule has 0 aliphatic heterocycles. The molecule has 3 aromatic rings. The van der Waals surface area contributed by atoms with Crippen LogP contribution in [-0.2, 0) is 17.8 Å². The Bertz CT molecular complexity index is 777. The third kappa shape index (κ3) is 3.86. The van der Waals surface area contributed by atoms with E-state index in [4.69, 9.17) is 4.52 Å². The maximum absolute atomic E-state index is 12.2. The van der Waals surface area contributed by atoms with Crippen molar-refractivity contribution >= 4 is 28.6 Å². The molecule has 0 bridgehead atoms. The van der Waals surface area contributed by atoms with Crippen molar-refractivity contribution in [3.05, 3.63) is 44.6 Å². The number of hydrogen-bond acceptors (Lipinski definition) is 6. The molecule has 0 fully saturated rings. The van der Waals surface area contributed by atoms with Crippen LogP contribution < -0.4 is 0 Å². The number of amides is 1. The van der Waals surface area contributed by atoms with Gasteiger partial charge in [-0.3, -0.25) is 4.79 Å². The Labute approximate surface area is 142 Å². The highest BCUT2D eigenvalue weighted by Gasteiger charge is 2.14. The number of aromatic nitrogens is 2. The van der Waals surface area contributed by atoms with Gasteiger partial charge in [0, 0.05) is 35.7 Å². The van der Waals surface area contributed by atoms with Gasteiger partial charge in [0.25, 0.3) is 0 Å². The predicted molar refractivity (Wildman–Crippen MR) is 91.5 cm³/mol. The Balaban J connectivity index is 1.53. The number of carbonyl (C=O) groups is 1. The molecule has 1 amide bonds. The van der Waals surface area contributed by atoms with Gasteiger partial charge in [0.2, 0.25) is 17.6 Å². The minimum Gasteiger partial charge on any atom is -0.341 e. The highest BCUT2D eigenvalue weighted by molar-refractivity contribution is 7.10. The van der Waals surface area contributed by atoms with E-state index >= 15 is 0 Å². The Kier molecular flexibility index (Phi) is 4.88. The molecule has 120 valence electrons. The fraction of sp³-hybridized carbons (Fsp3) is 0.312. The van der Waals surface area contributed by atoms with Crippen molar-refractivity contribution < 1.29 is 9.32 Å². The summed E-state index contributed by atoms with van der Waals surface area (Å²) < 4.78 is 5.22. The van der Waals surface area contributed by atoms with Gasteiger partial charge in [-0.15, -0.1) is 11.3 Å². The number of thiophene rings is 2. The number of carbonyl (C=O) groups excluding carboxylic acids is 1. The largest absolute Gasteiger partial charge is 0.341 e. The summed E-state index contributed by atoms with van der Waals surface area (Å²) in [6.07, 6.45) is 0.829. The topological polar surface area (TPSA) is 59.2 Å². The summed E-state index contributed by atoms with van der Waals surface area (Å²) >= 11 is 3.26. The number of rotatable bonds is 6. The molecule has 0 radical (unpaired) electrons. The van der Waals surface area contributed by atoms with Crippen molar-refractivity contribution in [1.82, 2.24) is 15.0 Å². The highest BCUT2D eigenvalue weighted by Crippen LogP contribution is 2.20. The van der Waals surface area contributed by atoms with E-state index in [0.29, 0.717) is 31.1 Å². The zero-order chi connectivity index (χ0) is 16.2. The van der Waals surface area contributed by atoms with E-state index in [0.717, 1.165) is 5.56 Å². The molecule has 3 rings (SSSR count). The van der Waals surface area contributed by atoms with Crippen molar-refractivity contribution in [3.63, 3.8) is 0 Å². The Morgan fingerprint density at radius 3 is 2.91 bits per heavy atom. The molecule has 0 saturated carbocycles. The minimum absolute atomic E-state index is 0.0769. The van der Waals surface area contributed by atoms with Gasteiger partial charge in [-0.2, -0.15) is 16.3 Å². The highest BCUT2D eigenvalue weighted by atomic mass is 32.1. The van der Waals surface area contributed by atoms with Crippen molar-refractivity contribution in [2.24, 2.45) is 0 Å². The summed E-state index contributed by atoms with van der Waals surface area (Å²) in [4.78, 5) is 19.5. The molecule has 0 N–H and O–H groups in total. The summed E-state index contributed by atoms with van der Waals surface area (Å²) in [6.45, 7) is 2.71. The zero-order valence-electron chi connectivity index (χ0n) is 13.0. The van der Waals surface area contributed by atoms with Gasteiger partial charge >= 0.3 is 0 Å². The first-order chi connectivity index (χ1) is 11.1. The third-order valence-electron chi connectivity index (χ3n) is 3.57. The first-order valence-corrected chi connectivity index (χ1v) is 9.08. The molecule has 0 aliphatic carbocycles. The maximum Gasteiger partial charge on any atom is 0.227 e. The van der Waals surface area contributed by atoms with E-state index < -0.39 is 0 Å². The van der Waals surface area contributed by atoms with Crippen molar-refractivity contribution in [1.29, 1.82) is 0 Å². The fourth-order valence-electron chi connectivity index (χ4n) is 2.14. The van der Waals surface area contributed by atoms with Crippen molar-refractivity contribution in [2.75, 3.05) is 7.05 Å². The lowest BCUT2D eigenvalue weighted by Crippen LogP contribution is -2.26. The Hall–Kier alpha value is -1.99. The first kappa shape index (κ1) is 15.9. The van der Waals surface area contributed by atoms with Crippen LogP contribution in [0.5, 0.6) is 0 Å². The van der Waals surface area contributed by atoms with E-state index in [1.165, 1.54) is 10.4 Å². The number of hydrogen-bond donors (Lipinski definition) is 0. The predicted octanol–water partition coefficient (Wildman–Crippen LogP) is 3.76. The van der Waals surface area contributed by atoms with E-state index in [9.17, 15) is 4.79 Å². The van der Waals surface area contributed by atoms with Crippen LogP contribution in [0, 0.1) is 6.92 Å². The summed E-state index contributed by atoms with van der Waals surface area (Å²) in [5.74, 6) is 1.16. The van der Waals surface area contributed by atoms with Crippen molar-refractivity contribution in [2.45, 2.75) is 26.3 Å². The smallest absolute Gasteiger partial charge is 0.227 e. The molecular formula is C16H17N3O2S2. The Morgan fingerprint density at radius 1 is 1.35 bits per heavy atom. The van der Waals surface area contributed by atoms with Gasteiger partial charge in [0.1, 0.15) is 0 Å². The molecule has 0 spiro atoms. The summed E-state index contributed by atoms with van der Waals surface area (Å²) in [6, 6.07) is 4.02. The first-order valence-electron chi connectivity index (χ1n) is 7.25. The van der Waals surface area contributed by atoms with Crippen molar-refractivity contribution in [3.8, 4) is 11.4 Å². The van der Waals surface area contributed by atoms with Crippen LogP contribution >= 0.6 is 22.7 Å². The van der Waals surface area contributed by atoms with Crippen LogP contribution in [0.3, 0.4) is 0 Å². The van der Waals surface area contributed by atoms with Gasteiger partial charge in [0.15, 0.2) is 0 Å². The average molecular weight is 347 g/mol. The molecule has 5 nitrogen and oxygen atoms in total. The molecule has 0 aliphatic rings. The molecule has 3 heterocycles. The quantitative estimate of drug-likeness (QED) is 0.681. The van der Waals surface area contributed by atoms with E-state index in [1.54, 1.807) is 27.6 Å². The standard InChI is InChI=1S/C16H17N3O2S2/c1-11-5-8-23-13(11)9-19(2)15(20)4-3-14-17-16(18-21-14)12-6-7-22-10-12/h5-8,10H,3-4,9H2,1-2H3. The molecule has 0 unspecified atom stereocenters. The molecule has 0 aromatic carbocycles. The second kappa shape index (κ2) is 7.06. The van der Waals surface area contributed by atoms with Crippen LogP contribution in [0.15, 0.2) is 32.8 Å². The lowest BCUT2D eigenvalue weighted by atomic mass is 10.2. The molecule has 0 saturated heterocycles. The molecule has 3 aromatic heterocycles. The second-order valence-electron chi connectivity index (χ2n) is 5.30. The van der Waals surface area contributed by atoms with Gasteiger partial charge in [-0.1, -0.05) is 5.16 Å². The fourth-order valence-corrected chi connectivity index (χ4v) is 3.73. The SMILES string of the molecule is Cc1ccsc1CN(C)C(=O)CCc1nc(-c2ccsc2)no1. The summed E-state index contributed by atoms with van der Waals surface area (Å²) in [7, 11) is 1.83. The lowest BCUT2D eigenvalue weighted by molar-refractivity contribution is -0.130. The molecule has 0 atom stereocenters. The Morgan fingerprint density at radius 2 is 2.22 bits per heavy atom. The minimum atomic E-state index is 0.0769. The van der Waals surface area contributed by atoms with Crippen LogP contribution in [0.1, 0.15) is 22.8 Å². The summed E-state index contributed by atoms with van der Waals surface area (Å²) in [5, 5.41) is 9.94. The lowest BCUT2D eigenvalue weighted by Gasteiger charge is -2.16. The average Bonchev–Trinajstić information content (AvgIpc) is 3.26. The van der Waals surface area contributed by atoms with E-state index in [2.05, 4.69) is 23.1 Å². The van der Waals surface area contributed by atoms with Crippen LogP contribution in [0.2, 0.25) is 0 Å². The van der Waals surface area contributed by atoms with Gasteiger partial charge in [-0.25, -0.2) is 0 Å². The van der Waals surface area contributed by atoms with E-state index in [1.807, 2.05) is 29.3 Å². The second-order valence-corrected chi connectivity index (χ2v) is 7.08. The monoisotopic (exact) mass is 347 g/mol. The molecule has 23 heavy (non-hydrogen) atoms. The number of nitrogens with zero attached hydrogens (tertiary/aromatic N) is 3. The van der Waals surface area contributed by atoms with Gasteiger partial charge in [-0.05, 0) is 35.4 Å².